The van der Waals surface area contributed by atoms with Gasteiger partial charge >= 0.3 is 0 Å². The van der Waals surface area contributed by atoms with E-state index in [4.69, 9.17) is 0 Å². The Balaban J connectivity index is 1.23. The van der Waals surface area contributed by atoms with Gasteiger partial charge in [-0.25, -0.2) is 21.8 Å². The third kappa shape index (κ3) is 4.99. The SMILES string of the molecule is CS(=O)(=O)c1ccc2nc(N3CCN(C(=O)C4CCCN(S(=O)(=O)c5ccccc5)C4)CC3)sc2c1. The fourth-order valence-corrected chi connectivity index (χ4v) is 8.06. The van der Waals surface area contributed by atoms with E-state index in [-0.39, 0.29) is 28.2 Å². The molecule has 2 aromatic carbocycles. The second-order valence-electron chi connectivity index (χ2n) is 9.23. The fourth-order valence-electron chi connectivity index (χ4n) is 4.74. The summed E-state index contributed by atoms with van der Waals surface area (Å²) in [5, 5.41) is 0.806. The van der Waals surface area contributed by atoms with E-state index >= 15 is 0 Å². The molecular weight excluding hydrogens is 520 g/mol. The maximum Gasteiger partial charge on any atom is 0.243 e. The number of aromatic nitrogens is 1. The highest BCUT2D eigenvalue weighted by Crippen LogP contribution is 2.32. The van der Waals surface area contributed by atoms with Crippen molar-refractivity contribution in [3.05, 3.63) is 48.5 Å². The number of thiazole rings is 1. The van der Waals surface area contributed by atoms with Gasteiger partial charge in [0.1, 0.15) is 0 Å². The first kappa shape index (κ1) is 25.1. The van der Waals surface area contributed by atoms with Crippen molar-refractivity contribution in [3.8, 4) is 0 Å². The fraction of sp³-hybridized carbons (Fsp3) is 0.417. The van der Waals surface area contributed by atoms with E-state index in [0.717, 1.165) is 15.3 Å². The van der Waals surface area contributed by atoms with E-state index in [2.05, 4.69) is 9.88 Å². The highest BCUT2D eigenvalue weighted by Gasteiger charge is 2.36. The molecule has 2 fully saturated rings. The Morgan fingerprint density at radius 1 is 0.944 bits per heavy atom. The Bertz CT molecular complexity index is 1480. The Morgan fingerprint density at radius 3 is 2.36 bits per heavy atom. The van der Waals surface area contributed by atoms with Crippen LogP contribution in [0.5, 0.6) is 0 Å². The van der Waals surface area contributed by atoms with Crippen molar-refractivity contribution < 1.29 is 21.6 Å². The van der Waals surface area contributed by atoms with Crippen LogP contribution in [-0.2, 0) is 24.7 Å². The summed E-state index contributed by atoms with van der Waals surface area (Å²) in [6.45, 7) is 2.92. The monoisotopic (exact) mass is 548 g/mol. The lowest BCUT2D eigenvalue weighted by atomic mass is 9.98. The van der Waals surface area contributed by atoms with Crippen LogP contribution in [0.15, 0.2) is 58.3 Å². The number of nitrogens with zero attached hydrogens (tertiary/aromatic N) is 4. The smallest absolute Gasteiger partial charge is 0.243 e. The maximum atomic E-state index is 13.3. The molecule has 2 aliphatic rings. The van der Waals surface area contributed by atoms with Gasteiger partial charge in [-0.1, -0.05) is 29.5 Å². The Morgan fingerprint density at radius 2 is 1.67 bits per heavy atom. The van der Waals surface area contributed by atoms with Crippen molar-refractivity contribution in [2.24, 2.45) is 5.92 Å². The zero-order chi connectivity index (χ0) is 25.5. The number of hydrogen-bond donors (Lipinski definition) is 0. The number of piperidine rings is 1. The minimum atomic E-state index is -3.62. The Hall–Kier alpha value is -2.54. The molecule has 0 aliphatic carbocycles. The number of amides is 1. The number of sulfone groups is 1. The third-order valence-corrected chi connectivity index (χ3v) is 10.8. The topological polar surface area (TPSA) is 108 Å². The molecule has 0 radical (unpaired) electrons. The number of benzene rings is 2. The molecular formula is C24H28N4O5S3. The van der Waals surface area contributed by atoms with Gasteiger partial charge in [-0.2, -0.15) is 4.31 Å². The molecule has 1 unspecified atom stereocenters. The lowest BCUT2D eigenvalue weighted by Crippen LogP contribution is -2.53. The van der Waals surface area contributed by atoms with Crippen molar-refractivity contribution in [2.45, 2.75) is 22.6 Å². The zero-order valence-electron chi connectivity index (χ0n) is 19.9. The summed E-state index contributed by atoms with van der Waals surface area (Å²) in [6.07, 6.45) is 2.53. The van der Waals surface area contributed by atoms with Gasteiger partial charge < -0.3 is 9.80 Å². The van der Waals surface area contributed by atoms with E-state index in [1.807, 2.05) is 4.90 Å². The van der Waals surface area contributed by atoms with Crippen LogP contribution in [0.3, 0.4) is 0 Å². The number of carbonyl (C=O) groups is 1. The summed E-state index contributed by atoms with van der Waals surface area (Å²) in [4.78, 5) is 22.4. The second kappa shape index (κ2) is 9.73. The van der Waals surface area contributed by atoms with E-state index in [1.54, 1.807) is 48.5 Å². The van der Waals surface area contributed by atoms with Crippen molar-refractivity contribution in [3.63, 3.8) is 0 Å². The van der Waals surface area contributed by atoms with Gasteiger partial charge in [0.2, 0.25) is 15.9 Å². The van der Waals surface area contributed by atoms with Crippen molar-refractivity contribution in [1.82, 2.24) is 14.2 Å². The Labute approximate surface area is 215 Å². The normalized spacial score (nSPS) is 20.1. The molecule has 2 saturated heterocycles. The number of fused-ring (bicyclic) bond motifs is 1. The summed E-state index contributed by atoms with van der Waals surface area (Å²) >= 11 is 1.45. The minimum absolute atomic E-state index is 0.00436. The number of sulfonamides is 1. The second-order valence-corrected chi connectivity index (χ2v) is 14.2. The molecule has 36 heavy (non-hydrogen) atoms. The van der Waals surface area contributed by atoms with Gasteiger partial charge in [-0.3, -0.25) is 4.79 Å². The summed E-state index contributed by atoms with van der Waals surface area (Å²) in [5.41, 5.74) is 0.753. The average molecular weight is 549 g/mol. The van der Waals surface area contributed by atoms with Gasteiger partial charge in [-0.15, -0.1) is 0 Å². The molecule has 3 aromatic rings. The summed E-state index contributed by atoms with van der Waals surface area (Å²) < 4.78 is 52.1. The van der Waals surface area contributed by atoms with Crippen LogP contribution in [-0.4, -0.2) is 82.5 Å². The lowest BCUT2D eigenvalue weighted by molar-refractivity contribution is -0.137. The molecule has 3 heterocycles. The Kier molecular flexibility index (Phi) is 6.79. The maximum absolute atomic E-state index is 13.3. The molecule has 0 bridgehead atoms. The molecule has 1 atom stereocenters. The van der Waals surface area contributed by atoms with Crippen molar-refractivity contribution in [1.29, 1.82) is 0 Å². The molecule has 0 spiro atoms. The van der Waals surface area contributed by atoms with Crippen molar-refractivity contribution >= 4 is 52.5 Å². The minimum Gasteiger partial charge on any atom is -0.345 e. The number of hydrogen-bond acceptors (Lipinski definition) is 8. The molecule has 192 valence electrons. The zero-order valence-corrected chi connectivity index (χ0v) is 22.4. The quantitative estimate of drug-likeness (QED) is 0.482. The van der Waals surface area contributed by atoms with Gasteiger partial charge in [0.25, 0.3) is 0 Å². The third-order valence-electron chi connectivity index (χ3n) is 6.75. The molecule has 0 N–H and O–H groups in total. The summed E-state index contributed by atoms with van der Waals surface area (Å²) in [7, 11) is -6.91. The predicted molar refractivity (Wildman–Crippen MR) is 139 cm³/mol. The van der Waals surface area contributed by atoms with E-state index in [0.29, 0.717) is 45.6 Å². The van der Waals surface area contributed by atoms with Crippen LogP contribution in [0.4, 0.5) is 5.13 Å². The molecule has 12 heteroatoms. The predicted octanol–water partition coefficient (Wildman–Crippen LogP) is 2.45. The van der Waals surface area contributed by atoms with Crippen LogP contribution in [0.25, 0.3) is 10.2 Å². The summed E-state index contributed by atoms with van der Waals surface area (Å²) in [5.74, 6) is -0.342. The first-order valence-corrected chi connectivity index (χ1v) is 16.0. The highest BCUT2D eigenvalue weighted by molar-refractivity contribution is 7.90. The van der Waals surface area contributed by atoms with Gasteiger partial charge in [0.15, 0.2) is 15.0 Å². The number of anilines is 1. The molecule has 1 amide bonds. The average Bonchev–Trinajstić information content (AvgIpc) is 3.32. The van der Waals surface area contributed by atoms with Gasteiger partial charge in [0.05, 0.1) is 25.9 Å². The molecule has 1 aromatic heterocycles. The largest absolute Gasteiger partial charge is 0.345 e. The van der Waals surface area contributed by atoms with Crippen LogP contribution in [0, 0.1) is 5.92 Å². The van der Waals surface area contributed by atoms with E-state index < -0.39 is 19.9 Å². The molecule has 2 aliphatic heterocycles. The first-order chi connectivity index (χ1) is 17.1. The van der Waals surface area contributed by atoms with Crippen LogP contribution < -0.4 is 4.90 Å². The lowest BCUT2D eigenvalue weighted by Gasteiger charge is -2.38. The van der Waals surface area contributed by atoms with Crippen LogP contribution in [0.1, 0.15) is 12.8 Å². The van der Waals surface area contributed by atoms with Crippen LogP contribution in [0.2, 0.25) is 0 Å². The van der Waals surface area contributed by atoms with Crippen molar-refractivity contribution in [2.75, 3.05) is 50.4 Å². The van der Waals surface area contributed by atoms with Gasteiger partial charge in [0, 0.05) is 45.5 Å². The summed E-state index contributed by atoms with van der Waals surface area (Å²) in [6, 6.07) is 13.3. The number of piperazine rings is 1. The molecule has 0 saturated carbocycles. The van der Waals surface area contributed by atoms with E-state index in [1.165, 1.54) is 21.9 Å². The molecule has 5 rings (SSSR count). The van der Waals surface area contributed by atoms with Crippen LogP contribution >= 0.6 is 11.3 Å². The highest BCUT2D eigenvalue weighted by atomic mass is 32.2. The number of rotatable bonds is 5. The number of carbonyl (C=O) groups excluding carboxylic acids is 1. The van der Waals surface area contributed by atoms with E-state index in [9.17, 15) is 21.6 Å². The molecule has 9 nitrogen and oxygen atoms in total. The van der Waals surface area contributed by atoms with Gasteiger partial charge in [-0.05, 0) is 43.2 Å². The first-order valence-electron chi connectivity index (χ1n) is 11.8. The standard InChI is InChI=1S/C24H28N4O5S3/c1-35(30,31)20-9-10-21-22(16-20)34-24(25-21)27-14-12-26(13-15-27)23(29)18-6-5-11-28(17-18)36(32,33)19-7-3-2-4-8-19/h2-4,7-10,16,18H,5-6,11-15,17H2,1H3.